The molecule has 1 rings (SSSR count). The van der Waals surface area contributed by atoms with Crippen LogP contribution in [0, 0.1) is 5.92 Å². The van der Waals surface area contributed by atoms with E-state index in [0.717, 1.165) is 0 Å². The zero-order valence-electron chi connectivity index (χ0n) is 16.2. The lowest BCUT2D eigenvalue weighted by Gasteiger charge is -2.47. The van der Waals surface area contributed by atoms with Crippen LogP contribution in [0.1, 0.15) is 69.2 Å². The molecule has 1 aliphatic rings. The zero-order chi connectivity index (χ0) is 17.5. The highest BCUT2D eigenvalue weighted by Crippen LogP contribution is 2.66. The van der Waals surface area contributed by atoms with Crippen LogP contribution in [0.4, 0.5) is 0 Å². The van der Waals surface area contributed by atoms with Gasteiger partial charge in [0.1, 0.15) is 7.80 Å². The van der Waals surface area contributed by atoms with Gasteiger partial charge in [0.05, 0.1) is 0 Å². The van der Waals surface area contributed by atoms with E-state index in [9.17, 15) is 4.57 Å². The van der Waals surface area contributed by atoms with Crippen LogP contribution < -0.4 is 0 Å². The highest BCUT2D eigenvalue weighted by Gasteiger charge is 2.43. The molecule has 0 aromatic rings. The van der Waals surface area contributed by atoms with E-state index in [4.69, 9.17) is 0 Å². The fraction of sp³-hybridized carbons (Fsp3) is 0.789. The Morgan fingerprint density at radius 3 is 1.82 bits per heavy atom. The van der Waals surface area contributed by atoms with Crippen LogP contribution in [0.5, 0.6) is 0 Å². The summed E-state index contributed by atoms with van der Waals surface area (Å²) in [7, 11) is -1.96. The summed E-state index contributed by atoms with van der Waals surface area (Å²) in [5, 5.41) is 1.68. The predicted molar refractivity (Wildman–Crippen MR) is 105 cm³/mol. The molecule has 0 spiro atoms. The summed E-state index contributed by atoms with van der Waals surface area (Å²) in [6.07, 6.45) is 6.55. The molecular formula is C19H36OP2. The van der Waals surface area contributed by atoms with Gasteiger partial charge in [-0.15, -0.1) is 0 Å². The van der Waals surface area contributed by atoms with Gasteiger partial charge in [0.25, 0.3) is 0 Å². The fourth-order valence-electron chi connectivity index (χ4n) is 3.96. The van der Waals surface area contributed by atoms with Gasteiger partial charge < -0.3 is 4.57 Å². The molecule has 0 fully saturated rings. The quantitative estimate of drug-likeness (QED) is 0.511. The summed E-state index contributed by atoms with van der Waals surface area (Å²) in [6, 6.07) is 0. The van der Waals surface area contributed by atoms with Crippen LogP contribution in [-0.2, 0) is 4.57 Å². The Kier molecular flexibility index (Phi) is 6.02. The van der Waals surface area contributed by atoms with Crippen molar-refractivity contribution in [2.45, 2.75) is 90.4 Å². The third kappa shape index (κ3) is 4.58. The second kappa shape index (κ2) is 6.57. The Morgan fingerprint density at radius 1 is 1.00 bits per heavy atom. The highest BCUT2D eigenvalue weighted by molar-refractivity contribution is 7.61. The third-order valence-corrected chi connectivity index (χ3v) is 10.7. The van der Waals surface area contributed by atoms with E-state index >= 15 is 0 Å². The summed E-state index contributed by atoms with van der Waals surface area (Å²) in [5.41, 5.74) is 0.552. The number of hydrogen-bond acceptors (Lipinski definition) is 1. The molecular weight excluding hydrogens is 306 g/mol. The molecule has 0 heterocycles. The molecule has 2 unspecified atom stereocenters. The molecule has 0 aromatic carbocycles. The van der Waals surface area contributed by atoms with Gasteiger partial charge in [0, 0.05) is 11.1 Å². The van der Waals surface area contributed by atoms with Crippen molar-refractivity contribution >= 4 is 15.7 Å². The fourth-order valence-corrected chi connectivity index (χ4v) is 10.9. The van der Waals surface area contributed by atoms with Crippen molar-refractivity contribution in [2.24, 2.45) is 5.92 Å². The van der Waals surface area contributed by atoms with Crippen molar-refractivity contribution in [3.63, 3.8) is 0 Å². The molecule has 0 saturated heterocycles. The molecule has 0 N–H and O–H groups in total. The summed E-state index contributed by atoms with van der Waals surface area (Å²) in [5.74, 6) is 0.357. The molecule has 0 radical (unpaired) electrons. The number of hydrogen-bond donors (Lipinski definition) is 0. The van der Waals surface area contributed by atoms with Crippen molar-refractivity contribution < 1.29 is 4.57 Å². The summed E-state index contributed by atoms with van der Waals surface area (Å²) >= 11 is 0. The van der Waals surface area contributed by atoms with Crippen LogP contribution in [-0.4, -0.2) is 21.1 Å². The van der Waals surface area contributed by atoms with Crippen molar-refractivity contribution in [3.8, 4) is 0 Å². The topological polar surface area (TPSA) is 17.1 Å². The van der Waals surface area contributed by atoms with Gasteiger partial charge in [-0.05, 0) is 21.3 Å². The molecule has 0 bridgehead atoms. The van der Waals surface area contributed by atoms with E-state index in [0.29, 0.717) is 21.9 Å². The van der Waals surface area contributed by atoms with Gasteiger partial charge in [-0.2, -0.15) is 0 Å². The molecule has 22 heavy (non-hydrogen) atoms. The van der Waals surface area contributed by atoms with Crippen molar-refractivity contribution in [1.29, 1.82) is 0 Å². The molecule has 3 atom stereocenters. The Bertz CT molecular complexity index is 467. The van der Waals surface area contributed by atoms with Gasteiger partial charge in [0.15, 0.2) is 0 Å². The van der Waals surface area contributed by atoms with E-state index in [1.54, 1.807) is 0 Å². The van der Waals surface area contributed by atoms with Crippen LogP contribution in [0.15, 0.2) is 23.5 Å². The smallest absolute Gasteiger partial charge is 0.105 e. The standard InChI is InChI=1S/C19H36OP2/c1-14(21(17(2,3)4)18(5,6)7)15-12-11-13-16(15)22(20)19(8,9)10/h11-15,22H,1-10H3/t14-,15?/m1/s1. The van der Waals surface area contributed by atoms with Crippen molar-refractivity contribution in [1.82, 2.24) is 0 Å². The van der Waals surface area contributed by atoms with E-state index in [2.05, 4.69) is 87.5 Å². The third-order valence-electron chi connectivity index (χ3n) is 4.27. The molecule has 0 amide bonds. The maximum atomic E-state index is 13.0. The Balaban J connectivity index is 3.16. The second-order valence-electron chi connectivity index (χ2n) is 9.56. The van der Waals surface area contributed by atoms with E-state index < -0.39 is 7.80 Å². The average molecular weight is 342 g/mol. The first-order chi connectivity index (χ1) is 9.67. The Hall–Kier alpha value is 0.140. The maximum Gasteiger partial charge on any atom is 0.105 e. The second-order valence-corrected chi connectivity index (χ2v) is 16.5. The summed E-state index contributed by atoms with van der Waals surface area (Å²) < 4.78 is 13.0. The van der Waals surface area contributed by atoms with Gasteiger partial charge in [-0.1, -0.05) is 95.4 Å². The van der Waals surface area contributed by atoms with Crippen LogP contribution in [0.3, 0.4) is 0 Å². The zero-order valence-corrected chi connectivity index (χ0v) is 18.1. The van der Waals surface area contributed by atoms with Crippen LogP contribution in [0.25, 0.3) is 0 Å². The average Bonchev–Trinajstić information content (AvgIpc) is 2.70. The summed E-state index contributed by atoms with van der Waals surface area (Å²) in [6.45, 7) is 22.9. The minimum atomic E-state index is -1.74. The number of rotatable bonds is 3. The van der Waals surface area contributed by atoms with Gasteiger partial charge in [-0.25, -0.2) is 0 Å². The summed E-state index contributed by atoms with van der Waals surface area (Å²) in [4.78, 5) is 0. The first-order valence-corrected chi connectivity index (χ1v) is 11.2. The molecule has 1 aliphatic carbocycles. The SMILES string of the molecule is C[C@H](C1C=CC=C1[PH](=O)C(C)(C)C)P(C(C)(C)C)C(C)(C)C. The Morgan fingerprint density at radius 2 is 1.45 bits per heavy atom. The van der Waals surface area contributed by atoms with Crippen molar-refractivity contribution in [3.05, 3.63) is 23.5 Å². The minimum absolute atomic E-state index is 0.118. The lowest BCUT2D eigenvalue weighted by molar-refractivity contribution is 0.564. The lowest BCUT2D eigenvalue weighted by atomic mass is 10.1. The van der Waals surface area contributed by atoms with Gasteiger partial charge >= 0.3 is 0 Å². The normalized spacial score (nSPS) is 22.9. The highest BCUT2D eigenvalue weighted by atomic mass is 31.1. The maximum absolute atomic E-state index is 13.0. The van der Waals surface area contributed by atoms with Crippen LogP contribution >= 0.6 is 15.7 Å². The first kappa shape index (κ1) is 20.2. The van der Waals surface area contributed by atoms with Crippen molar-refractivity contribution in [2.75, 3.05) is 0 Å². The largest absolute Gasteiger partial charge is 0.322 e. The molecule has 0 aliphatic heterocycles. The van der Waals surface area contributed by atoms with E-state index in [1.165, 1.54) is 5.31 Å². The van der Waals surface area contributed by atoms with Gasteiger partial charge in [0.2, 0.25) is 0 Å². The molecule has 3 heteroatoms. The minimum Gasteiger partial charge on any atom is -0.322 e. The monoisotopic (exact) mass is 342 g/mol. The predicted octanol–water partition coefficient (Wildman–Crippen LogP) is 6.88. The van der Waals surface area contributed by atoms with Crippen LogP contribution in [0.2, 0.25) is 0 Å². The van der Waals surface area contributed by atoms with E-state index in [1.807, 2.05) is 0 Å². The van der Waals surface area contributed by atoms with E-state index in [-0.39, 0.29) is 13.1 Å². The lowest BCUT2D eigenvalue weighted by Crippen LogP contribution is -2.33. The number of allylic oxidation sites excluding steroid dienone is 4. The Labute approximate surface area is 140 Å². The molecule has 128 valence electrons. The van der Waals surface area contributed by atoms with Gasteiger partial charge in [-0.3, -0.25) is 0 Å². The molecule has 0 saturated carbocycles. The molecule has 0 aromatic heterocycles. The first-order valence-electron chi connectivity index (χ1n) is 8.40. The molecule has 1 nitrogen and oxygen atoms in total.